The van der Waals surface area contributed by atoms with Crippen molar-refractivity contribution in [1.29, 1.82) is 0 Å². The lowest BCUT2D eigenvalue weighted by atomic mass is 10.2. The van der Waals surface area contributed by atoms with Crippen LogP contribution in [0.4, 0.5) is 14.5 Å². The van der Waals surface area contributed by atoms with E-state index in [1.54, 1.807) is 6.07 Å². The van der Waals surface area contributed by atoms with Gasteiger partial charge in [-0.3, -0.25) is 10.1 Å². The van der Waals surface area contributed by atoms with Crippen molar-refractivity contribution in [3.8, 4) is 0 Å². The molecule has 0 radical (unpaired) electrons. The van der Waals surface area contributed by atoms with Crippen LogP contribution in [0.15, 0.2) is 34.5 Å². The van der Waals surface area contributed by atoms with Gasteiger partial charge < -0.3 is 0 Å². The second-order valence-corrected chi connectivity index (χ2v) is 5.78. The van der Waals surface area contributed by atoms with Crippen molar-refractivity contribution in [2.24, 2.45) is 5.10 Å². The molecule has 0 aliphatic rings. The molecule has 10 heteroatoms. The summed E-state index contributed by atoms with van der Waals surface area (Å²) in [5.41, 5.74) is 0.0500. The minimum atomic E-state index is -2.85. The number of halogens is 2. The number of aromatic nitrogens is 3. The maximum Gasteiger partial charge on any atom is 0.299 e. The van der Waals surface area contributed by atoms with E-state index in [1.165, 1.54) is 30.0 Å². The normalized spacial score (nSPS) is 11.5. The van der Waals surface area contributed by atoms with Crippen LogP contribution in [0, 0.1) is 10.1 Å². The van der Waals surface area contributed by atoms with E-state index in [9.17, 15) is 18.9 Å². The summed E-state index contributed by atoms with van der Waals surface area (Å²) in [5.74, 6) is 0.0997. The second kappa shape index (κ2) is 8.48. The topological polar surface area (TPSA) is 86.2 Å². The first kappa shape index (κ1) is 18.0. The average molecular weight is 355 g/mol. The molecule has 2 aromatic rings. The first-order valence-electron chi connectivity index (χ1n) is 7.18. The molecule has 0 amide bonds. The highest BCUT2D eigenvalue weighted by atomic mass is 32.2. The van der Waals surface area contributed by atoms with E-state index in [0.717, 1.165) is 23.7 Å². The lowest BCUT2D eigenvalue weighted by Gasteiger charge is -2.03. The Bertz CT molecular complexity index is 736. The zero-order valence-electron chi connectivity index (χ0n) is 12.8. The van der Waals surface area contributed by atoms with Crippen LogP contribution in [0.5, 0.6) is 0 Å². The molecule has 0 atom stereocenters. The van der Waals surface area contributed by atoms with Crippen LogP contribution in [0.2, 0.25) is 0 Å². The molecule has 1 aromatic carbocycles. The minimum Gasteiger partial charge on any atom is -0.258 e. The van der Waals surface area contributed by atoms with Crippen molar-refractivity contribution in [3.05, 3.63) is 45.8 Å². The first-order chi connectivity index (χ1) is 11.5. The van der Waals surface area contributed by atoms with Gasteiger partial charge in [0.25, 0.3) is 12.1 Å². The smallest absolute Gasteiger partial charge is 0.258 e. The number of hydrogen-bond acceptors (Lipinski definition) is 6. The number of alkyl halides is 2. The number of hydrogen-bond donors (Lipinski definition) is 0. The molecule has 0 fully saturated rings. The molecule has 2 rings (SSSR count). The van der Waals surface area contributed by atoms with E-state index in [0.29, 0.717) is 5.75 Å². The predicted octanol–water partition coefficient (Wildman–Crippen LogP) is 3.90. The third-order valence-corrected chi connectivity index (χ3v) is 4.01. The van der Waals surface area contributed by atoms with Crippen LogP contribution in [0.1, 0.15) is 37.6 Å². The Morgan fingerprint density at radius 2 is 2.17 bits per heavy atom. The monoisotopic (exact) mass is 355 g/mol. The van der Waals surface area contributed by atoms with E-state index in [2.05, 4.69) is 15.3 Å². The summed E-state index contributed by atoms with van der Waals surface area (Å²) in [6.45, 7) is 2.02. The van der Waals surface area contributed by atoms with Crippen molar-refractivity contribution in [3.63, 3.8) is 0 Å². The minimum absolute atomic E-state index is 0.159. The van der Waals surface area contributed by atoms with Gasteiger partial charge in [0.2, 0.25) is 11.0 Å². The van der Waals surface area contributed by atoms with Gasteiger partial charge in [-0.15, -0.1) is 10.2 Å². The van der Waals surface area contributed by atoms with Gasteiger partial charge in [-0.1, -0.05) is 37.2 Å². The number of para-hydroxylation sites is 1. The van der Waals surface area contributed by atoms with Gasteiger partial charge in [0.05, 0.1) is 16.7 Å². The maximum atomic E-state index is 13.0. The first-order valence-corrected chi connectivity index (χ1v) is 8.17. The quantitative estimate of drug-likeness (QED) is 0.236. The fourth-order valence-electron chi connectivity index (χ4n) is 1.80. The van der Waals surface area contributed by atoms with Crippen molar-refractivity contribution in [2.75, 3.05) is 5.75 Å². The summed E-state index contributed by atoms with van der Waals surface area (Å²) < 4.78 is 27.0. The molecule has 0 saturated carbocycles. The third-order valence-electron chi connectivity index (χ3n) is 3.01. The summed E-state index contributed by atoms with van der Waals surface area (Å²) in [6, 6.07) is 5.92. The van der Waals surface area contributed by atoms with E-state index in [-0.39, 0.29) is 16.4 Å². The molecule has 1 heterocycles. The molecule has 0 saturated heterocycles. The number of unbranched alkanes of at least 4 members (excludes halogenated alkanes) is 1. The van der Waals surface area contributed by atoms with Crippen LogP contribution in [0.25, 0.3) is 0 Å². The molecule has 7 nitrogen and oxygen atoms in total. The highest BCUT2D eigenvalue weighted by Crippen LogP contribution is 2.24. The standard InChI is InChI=1S/C14H15F2N5O2S/c1-2-3-8-24-14-19-18-13(12(15)16)20(14)17-9-10-6-4-5-7-11(10)21(22)23/h4-7,9,12H,2-3,8H2,1H3. The van der Waals surface area contributed by atoms with Gasteiger partial charge in [0.15, 0.2) is 0 Å². The van der Waals surface area contributed by atoms with E-state index in [4.69, 9.17) is 0 Å². The van der Waals surface area contributed by atoms with Crippen molar-refractivity contribution in [2.45, 2.75) is 31.3 Å². The Morgan fingerprint density at radius 1 is 1.42 bits per heavy atom. The molecule has 0 spiro atoms. The van der Waals surface area contributed by atoms with Crippen molar-refractivity contribution in [1.82, 2.24) is 14.9 Å². The molecule has 1 aromatic heterocycles. The lowest BCUT2D eigenvalue weighted by Crippen LogP contribution is -2.02. The summed E-state index contributed by atoms with van der Waals surface area (Å²) in [5, 5.41) is 22.3. The highest BCUT2D eigenvalue weighted by molar-refractivity contribution is 7.99. The Morgan fingerprint density at radius 3 is 2.83 bits per heavy atom. The zero-order chi connectivity index (χ0) is 17.5. The molecule has 0 N–H and O–H groups in total. The Hall–Kier alpha value is -2.36. The molecule has 0 unspecified atom stereocenters. The molecule has 128 valence electrons. The van der Waals surface area contributed by atoms with Crippen LogP contribution in [0.3, 0.4) is 0 Å². The summed E-state index contributed by atoms with van der Waals surface area (Å²) in [4.78, 5) is 10.4. The van der Waals surface area contributed by atoms with Crippen molar-refractivity contribution >= 4 is 23.7 Å². The second-order valence-electron chi connectivity index (χ2n) is 4.72. The zero-order valence-corrected chi connectivity index (χ0v) is 13.6. The van der Waals surface area contributed by atoms with Gasteiger partial charge in [-0.2, -0.15) is 9.78 Å². The Labute approximate surface area is 140 Å². The molecular weight excluding hydrogens is 340 g/mol. The van der Waals surface area contributed by atoms with Gasteiger partial charge in [-0.25, -0.2) is 8.78 Å². The number of nitro groups is 1. The summed E-state index contributed by atoms with van der Waals surface area (Å²) >= 11 is 1.26. The van der Waals surface area contributed by atoms with Gasteiger partial charge in [0.1, 0.15) is 0 Å². The number of thioether (sulfide) groups is 1. The number of rotatable bonds is 8. The fourth-order valence-corrected chi connectivity index (χ4v) is 2.78. The Kier molecular flexibility index (Phi) is 6.36. The molecule has 0 bridgehead atoms. The summed E-state index contributed by atoms with van der Waals surface area (Å²) in [6.07, 6.45) is 0.176. The number of nitro benzene ring substituents is 1. The van der Waals surface area contributed by atoms with Crippen LogP contribution >= 0.6 is 11.8 Å². The summed E-state index contributed by atoms with van der Waals surface area (Å²) in [7, 11) is 0. The lowest BCUT2D eigenvalue weighted by molar-refractivity contribution is -0.385. The van der Waals surface area contributed by atoms with Crippen LogP contribution in [-0.4, -0.2) is 31.8 Å². The molecule has 0 aliphatic carbocycles. The van der Waals surface area contributed by atoms with Gasteiger partial charge in [0, 0.05) is 11.8 Å². The SMILES string of the molecule is CCCCSc1nnc(C(F)F)n1N=Cc1ccccc1[N+](=O)[O-]. The fraction of sp³-hybridized carbons (Fsp3) is 0.357. The average Bonchev–Trinajstić information content (AvgIpc) is 2.96. The van der Waals surface area contributed by atoms with Gasteiger partial charge in [-0.05, 0) is 12.5 Å². The predicted molar refractivity (Wildman–Crippen MR) is 86.7 cm³/mol. The van der Waals surface area contributed by atoms with Crippen LogP contribution < -0.4 is 0 Å². The van der Waals surface area contributed by atoms with E-state index in [1.807, 2.05) is 6.92 Å². The van der Waals surface area contributed by atoms with Crippen LogP contribution in [-0.2, 0) is 0 Å². The van der Waals surface area contributed by atoms with Crippen molar-refractivity contribution < 1.29 is 13.7 Å². The Balaban J connectivity index is 2.33. The maximum absolute atomic E-state index is 13.0. The largest absolute Gasteiger partial charge is 0.299 e. The molecule has 0 aliphatic heterocycles. The number of benzene rings is 1. The van der Waals surface area contributed by atoms with E-state index < -0.39 is 17.2 Å². The van der Waals surface area contributed by atoms with Gasteiger partial charge >= 0.3 is 0 Å². The highest BCUT2D eigenvalue weighted by Gasteiger charge is 2.20. The number of nitrogens with zero attached hydrogens (tertiary/aromatic N) is 5. The molecule has 24 heavy (non-hydrogen) atoms. The third kappa shape index (κ3) is 4.34. The molecular formula is C14H15F2N5O2S. The van der Waals surface area contributed by atoms with E-state index >= 15 is 0 Å².